The summed E-state index contributed by atoms with van der Waals surface area (Å²) in [4.78, 5) is 3.51. The van der Waals surface area contributed by atoms with E-state index < -0.39 is 12.1 Å². The lowest BCUT2D eigenvalue weighted by Crippen LogP contribution is -2.16. The Balaban J connectivity index is 2.12. The molecule has 2 aromatic rings. The summed E-state index contributed by atoms with van der Waals surface area (Å²) < 4.78 is 42.3. The maximum absolute atomic E-state index is 12.5. The van der Waals surface area contributed by atoms with E-state index in [1.165, 1.54) is 0 Å². The maximum atomic E-state index is 12.5. The summed E-state index contributed by atoms with van der Waals surface area (Å²) in [5, 5.41) is 3.25. The number of hydrogen-bond donors (Lipinski definition) is 1. The van der Waals surface area contributed by atoms with Gasteiger partial charge < -0.3 is 9.73 Å². The number of fused-ring (bicyclic) bond motifs is 2. The van der Waals surface area contributed by atoms with Crippen molar-refractivity contribution < 1.29 is 17.6 Å². The number of nitrogens with one attached hydrogen (secondary N) is 1. The molecule has 0 saturated heterocycles. The molecule has 1 N–H and O–H groups in total. The maximum Gasteiger partial charge on any atom is 0.468 e. The predicted octanol–water partition coefficient (Wildman–Crippen LogP) is 2.53. The molecular weight excluding hydrogens is 245 g/mol. The van der Waals surface area contributed by atoms with Crippen LogP contribution in [0.5, 0.6) is 0 Å². The molecule has 0 radical (unpaired) electrons. The Morgan fingerprint density at radius 1 is 1.11 bits per heavy atom. The molecule has 1 aliphatic heterocycles. The van der Waals surface area contributed by atoms with Crippen molar-refractivity contribution in [2.75, 3.05) is 13.1 Å². The second kappa shape index (κ2) is 3.98. The van der Waals surface area contributed by atoms with Gasteiger partial charge in [0.15, 0.2) is 5.58 Å². The van der Waals surface area contributed by atoms with Crippen LogP contribution in [0, 0.1) is 0 Å². The van der Waals surface area contributed by atoms with E-state index in [1.54, 1.807) is 12.1 Å². The molecule has 1 aliphatic rings. The summed E-state index contributed by atoms with van der Waals surface area (Å²) in [5.74, 6) is -1.17. The lowest BCUT2D eigenvalue weighted by molar-refractivity contribution is -0.156. The standard InChI is InChI=1S/C12H11F3N2O/c13-12(14,15)11-17-9-5-7-1-3-16-4-2-8(7)6-10(9)18-11/h5-6,16H,1-4H2. The van der Waals surface area contributed by atoms with Crippen molar-refractivity contribution in [3.05, 3.63) is 29.2 Å². The van der Waals surface area contributed by atoms with Gasteiger partial charge in [-0.15, -0.1) is 0 Å². The minimum atomic E-state index is -4.53. The van der Waals surface area contributed by atoms with E-state index in [1.807, 2.05) is 0 Å². The second-order valence-electron chi connectivity index (χ2n) is 4.36. The smallest absolute Gasteiger partial charge is 0.433 e. The van der Waals surface area contributed by atoms with Crippen molar-refractivity contribution in [3.8, 4) is 0 Å². The predicted molar refractivity (Wildman–Crippen MR) is 59.3 cm³/mol. The van der Waals surface area contributed by atoms with Crippen molar-refractivity contribution in [1.29, 1.82) is 0 Å². The van der Waals surface area contributed by atoms with Gasteiger partial charge in [-0.3, -0.25) is 0 Å². The van der Waals surface area contributed by atoms with Gasteiger partial charge in [0.2, 0.25) is 0 Å². The Kier molecular flexibility index (Phi) is 2.55. The molecule has 0 atom stereocenters. The molecule has 96 valence electrons. The van der Waals surface area contributed by atoms with Gasteiger partial charge in [-0.25, -0.2) is 4.98 Å². The highest BCUT2D eigenvalue weighted by atomic mass is 19.4. The van der Waals surface area contributed by atoms with Crippen LogP contribution in [-0.2, 0) is 19.0 Å². The molecule has 18 heavy (non-hydrogen) atoms. The minimum absolute atomic E-state index is 0.211. The summed E-state index contributed by atoms with van der Waals surface area (Å²) >= 11 is 0. The van der Waals surface area contributed by atoms with E-state index in [2.05, 4.69) is 10.3 Å². The molecule has 0 fully saturated rings. The van der Waals surface area contributed by atoms with Crippen LogP contribution in [0.3, 0.4) is 0 Å². The van der Waals surface area contributed by atoms with Gasteiger partial charge in [0.25, 0.3) is 0 Å². The molecule has 0 bridgehead atoms. The van der Waals surface area contributed by atoms with Crippen LogP contribution in [0.2, 0.25) is 0 Å². The van der Waals surface area contributed by atoms with Crippen LogP contribution in [0.15, 0.2) is 16.5 Å². The van der Waals surface area contributed by atoms with E-state index in [4.69, 9.17) is 4.42 Å². The van der Waals surface area contributed by atoms with Gasteiger partial charge in [0, 0.05) is 0 Å². The highest BCUT2D eigenvalue weighted by Gasteiger charge is 2.37. The van der Waals surface area contributed by atoms with Crippen molar-refractivity contribution in [3.63, 3.8) is 0 Å². The first kappa shape index (κ1) is 11.5. The van der Waals surface area contributed by atoms with Gasteiger partial charge in [-0.1, -0.05) is 0 Å². The van der Waals surface area contributed by atoms with Gasteiger partial charge in [0.05, 0.1) is 0 Å². The highest BCUT2D eigenvalue weighted by Crippen LogP contribution is 2.32. The molecule has 3 rings (SSSR count). The zero-order chi connectivity index (χ0) is 12.8. The van der Waals surface area contributed by atoms with Crippen LogP contribution in [0.1, 0.15) is 17.0 Å². The average molecular weight is 256 g/mol. The lowest BCUT2D eigenvalue weighted by Gasteiger charge is -2.03. The third kappa shape index (κ3) is 1.96. The summed E-state index contributed by atoms with van der Waals surface area (Å²) in [6, 6.07) is 3.39. The van der Waals surface area contributed by atoms with E-state index in [-0.39, 0.29) is 11.1 Å². The molecule has 0 unspecified atom stereocenters. The van der Waals surface area contributed by atoms with E-state index >= 15 is 0 Å². The van der Waals surface area contributed by atoms with Gasteiger partial charge >= 0.3 is 12.1 Å². The third-order valence-electron chi connectivity index (χ3n) is 3.09. The first-order chi connectivity index (χ1) is 8.54. The summed E-state index contributed by atoms with van der Waals surface area (Å²) in [7, 11) is 0. The lowest BCUT2D eigenvalue weighted by atomic mass is 10.0. The third-order valence-corrected chi connectivity index (χ3v) is 3.09. The number of hydrogen-bond acceptors (Lipinski definition) is 3. The minimum Gasteiger partial charge on any atom is -0.433 e. The largest absolute Gasteiger partial charge is 0.468 e. The fraction of sp³-hybridized carbons (Fsp3) is 0.417. The number of rotatable bonds is 0. The monoisotopic (exact) mass is 256 g/mol. The molecule has 0 amide bonds. The number of oxazole rings is 1. The number of benzene rings is 1. The number of nitrogens with zero attached hydrogens (tertiary/aromatic N) is 1. The fourth-order valence-electron chi connectivity index (χ4n) is 2.22. The Hall–Kier alpha value is -1.56. The van der Waals surface area contributed by atoms with Gasteiger partial charge in [-0.05, 0) is 49.2 Å². The van der Waals surface area contributed by atoms with Crippen molar-refractivity contribution in [2.24, 2.45) is 0 Å². The van der Waals surface area contributed by atoms with E-state index in [0.717, 1.165) is 37.1 Å². The Morgan fingerprint density at radius 3 is 2.44 bits per heavy atom. The molecule has 0 aliphatic carbocycles. The summed E-state index contributed by atoms with van der Waals surface area (Å²) in [6.07, 6.45) is -2.93. The molecule has 0 saturated carbocycles. The number of alkyl halides is 3. The highest BCUT2D eigenvalue weighted by molar-refractivity contribution is 5.75. The molecule has 2 heterocycles. The van der Waals surface area contributed by atoms with Crippen LogP contribution < -0.4 is 5.32 Å². The topological polar surface area (TPSA) is 38.1 Å². The first-order valence-corrected chi connectivity index (χ1v) is 5.74. The first-order valence-electron chi connectivity index (χ1n) is 5.74. The zero-order valence-electron chi connectivity index (χ0n) is 9.47. The zero-order valence-corrected chi connectivity index (χ0v) is 9.47. The molecule has 0 spiro atoms. The van der Waals surface area contributed by atoms with Crippen LogP contribution in [-0.4, -0.2) is 18.1 Å². The van der Waals surface area contributed by atoms with Crippen molar-refractivity contribution >= 4 is 11.1 Å². The van der Waals surface area contributed by atoms with Gasteiger partial charge in [-0.2, -0.15) is 13.2 Å². The Bertz CT molecular complexity index is 546. The second-order valence-corrected chi connectivity index (χ2v) is 4.36. The Labute approximate surface area is 101 Å². The molecule has 1 aromatic carbocycles. The Morgan fingerprint density at radius 2 is 1.78 bits per heavy atom. The number of aromatic nitrogens is 1. The van der Waals surface area contributed by atoms with Crippen LogP contribution in [0.4, 0.5) is 13.2 Å². The number of halogens is 3. The van der Waals surface area contributed by atoms with Gasteiger partial charge in [0.1, 0.15) is 5.52 Å². The van der Waals surface area contributed by atoms with Crippen LogP contribution in [0.25, 0.3) is 11.1 Å². The fourth-order valence-corrected chi connectivity index (χ4v) is 2.22. The SMILES string of the molecule is FC(F)(F)c1nc2cc3c(cc2o1)CCNCC3. The van der Waals surface area contributed by atoms with Crippen molar-refractivity contribution in [1.82, 2.24) is 10.3 Å². The molecule has 6 heteroatoms. The van der Waals surface area contributed by atoms with Crippen molar-refractivity contribution in [2.45, 2.75) is 19.0 Å². The quantitative estimate of drug-likeness (QED) is 0.787. The average Bonchev–Trinajstić information content (AvgIpc) is 2.57. The molecular formula is C12H11F3N2O. The molecule has 1 aromatic heterocycles. The molecule has 3 nitrogen and oxygen atoms in total. The van der Waals surface area contributed by atoms with E-state index in [0.29, 0.717) is 0 Å². The summed E-state index contributed by atoms with van der Waals surface area (Å²) in [6.45, 7) is 1.67. The van der Waals surface area contributed by atoms with E-state index in [9.17, 15) is 13.2 Å². The summed E-state index contributed by atoms with van der Waals surface area (Å²) in [5.41, 5.74) is 2.58. The normalized spacial score (nSPS) is 16.6. The van der Waals surface area contributed by atoms with Crippen LogP contribution >= 0.6 is 0 Å².